The van der Waals surface area contributed by atoms with Crippen molar-refractivity contribution in [2.75, 3.05) is 0 Å². The van der Waals surface area contributed by atoms with Gasteiger partial charge in [0.15, 0.2) is 5.78 Å². The van der Waals surface area contributed by atoms with Gasteiger partial charge in [0.1, 0.15) is 5.82 Å². The van der Waals surface area contributed by atoms with Gasteiger partial charge in [-0.1, -0.05) is 6.07 Å². The Bertz CT molecular complexity index is 852. The molecular weight excluding hydrogens is 293 g/mol. The fraction of sp³-hybridized carbons (Fsp3) is 0.0556. The zero-order valence-corrected chi connectivity index (χ0v) is 12.5. The number of aromatic nitrogens is 3. The summed E-state index contributed by atoms with van der Waals surface area (Å²) in [6, 6.07) is 9.64. The molecule has 114 valence electrons. The van der Waals surface area contributed by atoms with Crippen LogP contribution in [0.25, 0.3) is 11.8 Å². The van der Waals surface area contributed by atoms with E-state index in [-0.39, 0.29) is 11.6 Å². The van der Waals surface area contributed by atoms with E-state index in [1.54, 1.807) is 35.3 Å². The van der Waals surface area contributed by atoms with Gasteiger partial charge in [-0.05, 0) is 55.0 Å². The van der Waals surface area contributed by atoms with E-state index < -0.39 is 0 Å². The van der Waals surface area contributed by atoms with Crippen molar-refractivity contribution in [2.45, 2.75) is 6.92 Å². The summed E-state index contributed by atoms with van der Waals surface area (Å²) in [4.78, 5) is 16.3. The molecule has 0 saturated heterocycles. The Labute approximate surface area is 132 Å². The minimum absolute atomic E-state index is 0.139. The molecule has 0 spiro atoms. The molecule has 4 nitrogen and oxygen atoms in total. The standard InChI is InChI=1S/C18H14FN3O/c1-13-17(18(23)9-4-14-3-2-10-20-11-14)12-21-22(13)16-7-5-15(19)6-8-16/h2-12H,1H3. The van der Waals surface area contributed by atoms with Crippen LogP contribution in [0.1, 0.15) is 21.6 Å². The summed E-state index contributed by atoms with van der Waals surface area (Å²) in [5, 5.41) is 4.22. The Hall–Kier alpha value is -3.08. The first kappa shape index (κ1) is 14.8. The zero-order chi connectivity index (χ0) is 16.2. The van der Waals surface area contributed by atoms with Crippen LogP contribution in [0.15, 0.2) is 61.1 Å². The van der Waals surface area contributed by atoms with E-state index in [4.69, 9.17) is 0 Å². The van der Waals surface area contributed by atoms with Gasteiger partial charge < -0.3 is 0 Å². The quantitative estimate of drug-likeness (QED) is 0.546. The van der Waals surface area contributed by atoms with Crippen molar-refractivity contribution in [2.24, 2.45) is 0 Å². The summed E-state index contributed by atoms with van der Waals surface area (Å²) in [7, 11) is 0. The highest BCUT2D eigenvalue weighted by Gasteiger charge is 2.13. The number of pyridine rings is 1. The molecule has 2 heterocycles. The van der Waals surface area contributed by atoms with E-state index in [1.807, 2.05) is 19.1 Å². The Morgan fingerprint density at radius 3 is 2.65 bits per heavy atom. The second-order valence-electron chi connectivity index (χ2n) is 5.02. The lowest BCUT2D eigenvalue weighted by Crippen LogP contribution is -2.01. The molecule has 0 radical (unpaired) electrons. The number of carbonyl (C=O) groups excluding carboxylic acids is 1. The van der Waals surface area contributed by atoms with Crippen LogP contribution in [0.4, 0.5) is 4.39 Å². The molecule has 0 fully saturated rings. The monoisotopic (exact) mass is 307 g/mol. The topological polar surface area (TPSA) is 47.8 Å². The Morgan fingerprint density at radius 2 is 1.96 bits per heavy atom. The normalized spacial score (nSPS) is 11.0. The zero-order valence-electron chi connectivity index (χ0n) is 12.5. The van der Waals surface area contributed by atoms with Gasteiger partial charge in [-0.25, -0.2) is 9.07 Å². The highest BCUT2D eigenvalue weighted by molar-refractivity contribution is 6.07. The third kappa shape index (κ3) is 3.23. The lowest BCUT2D eigenvalue weighted by atomic mass is 10.1. The number of nitrogens with zero attached hydrogens (tertiary/aromatic N) is 3. The number of benzene rings is 1. The van der Waals surface area contributed by atoms with Crippen molar-refractivity contribution in [3.05, 3.63) is 83.7 Å². The van der Waals surface area contributed by atoms with Crippen LogP contribution in [0.5, 0.6) is 0 Å². The van der Waals surface area contributed by atoms with E-state index in [0.717, 1.165) is 5.56 Å². The lowest BCUT2D eigenvalue weighted by molar-refractivity contribution is 0.104. The molecule has 5 heteroatoms. The number of halogens is 1. The highest BCUT2D eigenvalue weighted by atomic mass is 19.1. The van der Waals surface area contributed by atoms with E-state index in [0.29, 0.717) is 16.9 Å². The van der Waals surface area contributed by atoms with Crippen molar-refractivity contribution in [1.29, 1.82) is 0 Å². The number of carbonyl (C=O) groups is 1. The Morgan fingerprint density at radius 1 is 1.17 bits per heavy atom. The van der Waals surface area contributed by atoms with Crippen LogP contribution >= 0.6 is 0 Å². The van der Waals surface area contributed by atoms with Crippen LogP contribution in [-0.2, 0) is 0 Å². The molecule has 0 atom stereocenters. The summed E-state index contributed by atoms with van der Waals surface area (Å²) < 4.78 is 14.6. The molecule has 0 aliphatic rings. The van der Waals surface area contributed by atoms with Crippen LogP contribution in [0, 0.1) is 12.7 Å². The molecule has 2 aromatic heterocycles. The molecule has 1 aromatic carbocycles. The summed E-state index contributed by atoms with van der Waals surface area (Å²) in [6.45, 7) is 1.81. The molecule has 3 rings (SSSR count). The van der Waals surface area contributed by atoms with Gasteiger partial charge in [-0.2, -0.15) is 5.10 Å². The van der Waals surface area contributed by atoms with Gasteiger partial charge in [0.25, 0.3) is 0 Å². The molecule has 3 aromatic rings. The van der Waals surface area contributed by atoms with E-state index in [9.17, 15) is 9.18 Å². The number of hydrogen-bond donors (Lipinski definition) is 0. The minimum Gasteiger partial charge on any atom is -0.289 e. The van der Waals surface area contributed by atoms with Gasteiger partial charge in [-0.3, -0.25) is 9.78 Å². The molecule has 0 N–H and O–H groups in total. The lowest BCUT2D eigenvalue weighted by Gasteiger charge is -2.04. The van der Waals surface area contributed by atoms with E-state index >= 15 is 0 Å². The smallest absolute Gasteiger partial charge is 0.189 e. The highest BCUT2D eigenvalue weighted by Crippen LogP contribution is 2.16. The van der Waals surface area contributed by atoms with Crippen molar-refractivity contribution in [3.63, 3.8) is 0 Å². The summed E-state index contributed by atoms with van der Waals surface area (Å²) in [6.07, 6.45) is 8.09. The SMILES string of the molecule is Cc1c(C(=O)C=Cc2cccnc2)cnn1-c1ccc(F)cc1. The molecular formula is C18H14FN3O. The number of rotatable bonds is 4. The number of ketones is 1. The predicted molar refractivity (Wildman–Crippen MR) is 85.9 cm³/mol. The van der Waals surface area contributed by atoms with E-state index in [2.05, 4.69) is 10.1 Å². The van der Waals surface area contributed by atoms with Gasteiger partial charge in [0.2, 0.25) is 0 Å². The van der Waals surface area contributed by atoms with Gasteiger partial charge in [-0.15, -0.1) is 0 Å². The fourth-order valence-electron chi connectivity index (χ4n) is 2.23. The maximum Gasteiger partial charge on any atom is 0.189 e. The average molecular weight is 307 g/mol. The number of allylic oxidation sites excluding steroid dienone is 1. The molecule has 0 saturated carbocycles. The maximum atomic E-state index is 13.0. The summed E-state index contributed by atoms with van der Waals surface area (Å²) >= 11 is 0. The van der Waals surface area contributed by atoms with Crippen molar-refractivity contribution >= 4 is 11.9 Å². The van der Waals surface area contributed by atoms with Gasteiger partial charge in [0, 0.05) is 12.4 Å². The average Bonchev–Trinajstić information content (AvgIpc) is 2.96. The van der Waals surface area contributed by atoms with E-state index in [1.165, 1.54) is 24.4 Å². The third-order valence-corrected chi connectivity index (χ3v) is 3.46. The second-order valence-corrected chi connectivity index (χ2v) is 5.02. The van der Waals surface area contributed by atoms with Crippen LogP contribution in [0.3, 0.4) is 0 Å². The van der Waals surface area contributed by atoms with Crippen molar-refractivity contribution < 1.29 is 9.18 Å². The number of hydrogen-bond acceptors (Lipinski definition) is 3. The molecule has 0 amide bonds. The Balaban J connectivity index is 1.85. The summed E-state index contributed by atoms with van der Waals surface area (Å²) in [5.74, 6) is -0.450. The molecule has 0 bridgehead atoms. The fourth-order valence-corrected chi connectivity index (χ4v) is 2.23. The Kier molecular flexibility index (Phi) is 4.10. The van der Waals surface area contributed by atoms with Crippen LogP contribution in [-0.4, -0.2) is 20.5 Å². The van der Waals surface area contributed by atoms with Crippen molar-refractivity contribution in [3.8, 4) is 5.69 Å². The first-order valence-corrected chi connectivity index (χ1v) is 7.08. The molecule has 23 heavy (non-hydrogen) atoms. The molecule has 0 unspecified atom stereocenters. The van der Waals surface area contributed by atoms with Gasteiger partial charge >= 0.3 is 0 Å². The predicted octanol–water partition coefficient (Wildman–Crippen LogP) is 3.61. The first-order valence-electron chi connectivity index (χ1n) is 7.08. The largest absolute Gasteiger partial charge is 0.289 e. The third-order valence-electron chi connectivity index (χ3n) is 3.46. The maximum absolute atomic E-state index is 13.0. The first-order chi connectivity index (χ1) is 11.1. The van der Waals surface area contributed by atoms with Crippen molar-refractivity contribution in [1.82, 2.24) is 14.8 Å². The molecule has 0 aliphatic carbocycles. The summed E-state index contributed by atoms with van der Waals surface area (Å²) in [5.41, 5.74) is 2.77. The van der Waals surface area contributed by atoms with Crippen LogP contribution < -0.4 is 0 Å². The molecule has 0 aliphatic heterocycles. The second kappa shape index (κ2) is 6.36. The van der Waals surface area contributed by atoms with Gasteiger partial charge in [0.05, 0.1) is 23.1 Å². The van der Waals surface area contributed by atoms with Crippen LogP contribution in [0.2, 0.25) is 0 Å². The minimum atomic E-state index is -0.311.